The third-order valence-corrected chi connectivity index (χ3v) is 5.35. The predicted octanol–water partition coefficient (Wildman–Crippen LogP) is 2.98. The molecule has 134 valence electrons. The standard InChI is InChI=1S/C21H23N3O2/c1-14-20(17-12-16(25)8-9-19(17)23(14)2)21(26)24-11-10-22-18(13-24)15-6-4-3-5-7-15/h3-9,12,18,22,25H,10-11,13H2,1-2H3. The fourth-order valence-electron chi connectivity index (χ4n) is 3.83. The summed E-state index contributed by atoms with van der Waals surface area (Å²) in [5, 5.41) is 14.2. The van der Waals surface area contributed by atoms with Crippen molar-refractivity contribution in [1.29, 1.82) is 0 Å². The van der Waals surface area contributed by atoms with Gasteiger partial charge in [0.05, 0.1) is 5.56 Å². The lowest BCUT2D eigenvalue weighted by Crippen LogP contribution is -2.48. The molecular weight excluding hydrogens is 326 g/mol. The number of benzene rings is 2. The minimum atomic E-state index is 0.0288. The van der Waals surface area contributed by atoms with Crippen molar-refractivity contribution in [3.05, 3.63) is 65.4 Å². The van der Waals surface area contributed by atoms with Gasteiger partial charge in [-0.05, 0) is 30.7 Å². The molecule has 1 aliphatic rings. The number of carbonyl (C=O) groups excluding carboxylic acids is 1. The number of nitrogens with zero attached hydrogens (tertiary/aromatic N) is 2. The summed E-state index contributed by atoms with van der Waals surface area (Å²) < 4.78 is 2.01. The van der Waals surface area contributed by atoms with Crippen molar-refractivity contribution in [2.24, 2.45) is 7.05 Å². The highest BCUT2D eigenvalue weighted by Gasteiger charge is 2.28. The highest BCUT2D eigenvalue weighted by molar-refractivity contribution is 6.08. The average Bonchev–Trinajstić information content (AvgIpc) is 2.92. The molecule has 26 heavy (non-hydrogen) atoms. The third kappa shape index (κ3) is 2.74. The molecule has 2 heterocycles. The summed E-state index contributed by atoms with van der Waals surface area (Å²) in [6, 6.07) is 15.6. The smallest absolute Gasteiger partial charge is 0.256 e. The van der Waals surface area contributed by atoms with Gasteiger partial charge in [0.1, 0.15) is 5.75 Å². The maximum absolute atomic E-state index is 13.3. The van der Waals surface area contributed by atoms with Gasteiger partial charge >= 0.3 is 0 Å². The van der Waals surface area contributed by atoms with Gasteiger partial charge < -0.3 is 19.9 Å². The Morgan fingerprint density at radius 2 is 1.96 bits per heavy atom. The minimum absolute atomic E-state index is 0.0288. The van der Waals surface area contributed by atoms with E-state index in [0.29, 0.717) is 18.7 Å². The Kier molecular flexibility index (Phi) is 4.17. The van der Waals surface area contributed by atoms with E-state index in [0.717, 1.165) is 23.1 Å². The lowest BCUT2D eigenvalue weighted by Gasteiger charge is -2.34. The second-order valence-corrected chi connectivity index (χ2v) is 6.89. The number of hydrogen-bond acceptors (Lipinski definition) is 3. The van der Waals surface area contributed by atoms with Gasteiger partial charge in [0.25, 0.3) is 5.91 Å². The number of nitrogens with one attached hydrogen (secondary N) is 1. The van der Waals surface area contributed by atoms with E-state index in [1.54, 1.807) is 12.1 Å². The molecule has 3 aromatic rings. The van der Waals surface area contributed by atoms with E-state index in [2.05, 4.69) is 17.4 Å². The molecule has 1 fully saturated rings. The van der Waals surface area contributed by atoms with Gasteiger partial charge in [0.15, 0.2) is 0 Å². The van der Waals surface area contributed by atoms with E-state index >= 15 is 0 Å². The zero-order chi connectivity index (χ0) is 18.3. The molecule has 2 aromatic carbocycles. The van der Waals surface area contributed by atoms with E-state index < -0.39 is 0 Å². The monoisotopic (exact) mass is 349 g/mol. The molecule has 0 saturated carbocycles. The summed E-state index contributed by atoms with van der Waals surface area (Å²) in [5.74, 6) is 0.209. The number of aryl methyl sites for hydroxylation is 1. The van der Waals surface area contributed by atoms with Crippen LogP contribution in [0.5, 0.6) is 5.75 Å². The topological polar surface area (TPSA) is 57.5 Å². The molecular formula is C21H23N3O2. The summed E-state index contributed by atoms with van der Waals surface area (Å²) in [6.07, 6.45) is 0. The zero-order valence-electron chi connectivity index (χ0n) is 15.1. The Bertz CT molecular complexity index is 962. The second-order valence-electron chi connectivity index (χ2n) is 6.89. The van der Waals surface area contributed by atoms with Crippen LogP contribution in [0, 0.1) is 6.92 Å². The van der Waals surface area contributed by atoms with Crippen LogP contribution in [0.1, 0.15) is 27.7 Å². The number of fused-ring (bicyclic) bond motifs is 1. The lowest BCUT2D eigenvalue weighted by atomic mass is 10.0. The molecule has 0 radical (unpaired) electrons. The van der Waals surface area contributed by atoms with E-state index in [1.807, 2.05) is 47.7 Å². The molecule has 5 heteroatoms. The van der Waals surface area contributed by atoms with Gasteiger partial charge in [-0.25, -0.2) is 0 Å². The number of phenolic OH excluding ortho intramolecular Hbond substituents is 1. The van der Waals surface area contributed by atoms with Crippen LogP contribution in [0.25, 0.3) is 10.9 Å². The molecule has 1 atom stereocenters. The number of amides is 1. The Balaban J connectivity index is 1.69. The van der Waals surface area contributed by atoms with E-state index in [4.69, 9.17) is 0 Å². The molecule has 1 amide bonds. The largest absolute Gasteiger partial charge is 0.508 e. The second kappa shape index (κ2) is 6.50. The molecule has 5 nitrogen and oxygen atoms in total. The zero-order valence-corrected chi connectivity index (χ0v) is 15.1. The van der Waals surface area contributed by atoms with Crippen LogP contribution in [0.15, 0.2) is 48.5 Å². The summed E-state index contributed by atoms with van der Waals surface area (Å²) in [4.78, 5) is 15.3. The van der Waals surface area contributed by atoms with Gasteiger partial charge in [-0.1, -0.05) is 30.3 Å². The van der Waals surface area contributed by atoms with Crippen LogP contribution >= 0.6 is 0 Å². The van der Waals surface area contributed by atoms with Crippen molar-refractivity contribution < 1.29 is 9.90 Å². The lowest BCUT2D eigenvalue weighted by molar-refractivity contribution is 0.0704. The van der Waals surface area contributed by atoms with Crippen molar-refractivity contribution in [3.63, 3.8) is 0 Å². The van der Waals surface area contributed by atoms with Crippen LogP contribution in [-0.4, -0.2) is 40.1 Å². The quantitative estimate of drug-likeness (QED) is 0.748. The maximum atomic E-state index is 13.3. The van der Waals surface area contributed by atoms with Crippen molar-refractivity contribution in [2.75, 3.05) is 19.6 Å². The summed E-state index contributed by atoms with van der Waals surface area (Å²) >= 11 is 0. The molecule has 0 bridgehead atoms. The number of aromatic hydroxyl groups is 1. The number of carbonyl (C=O) groups is 1. The number of aromatic nitrogens is 1. The van der Waals surface area contributed by atoms with Crippen LogP contribution in [0.2, 0.25) is 0 Å². The van der Waals surface area contributed by atoms with Crippen molar-refractivity contribution in [3.8, 4) is 5.75 Å². The Morgan fingerprint density at radius 3 is 2.73 bits per heavy atom. The van der Waals surface area contributed by atoms with Gasteiger partial charge in [-0.2, -0.15) is 0 Å². The molecule has 1 aliphatic heterocycles. The van der Waals surface area contributed by atoms with Gasteiger partial charge in [0, 0.05) is 49.3 Å². The first-order valence-electron chi connectivity index (χ1n) is 8.92. The summed E-state index contributed by atoms with van der Waals surface area (Å²) in [5.41, 5.74) is 3.76. The number of phenols is 1. The summed E-state index contributed by atoms with van der Waals surface area (Å²) in [6.45, 7) is 4.04. The van der Waals surface area contributed by atoms with E-state index in [-0.39, 0.29) is 17.7 Å². The minimum Gasteiger partial charge on any atom is -0.508 e. The Labute approximate surface area is 152 Å². The van der Waals surface area contributed by atoms with Crippen molar-refractivity contribution in [2.45, 2.75) is 13.0 Å². The van der Waals surface area contributed by atoms with Crippen LogP contribution in [0.3, 0.4) is 0 Å². The molecule has 2 N–H and O–H groups in total. The van der Waals surface area contributed by atoms with Crippen LogP contribution in [0.4, 0.5) is 0 Å². The molecule has 1 saturated heterocycles. The first-order chi connectivity index (χ1) is 12.6. The summed E-state index contributed by atoms with van der Waals surface area (Å²) in [7, 11) is 1.95. The number of hydrogen-bond donors (Lipinski definition) is 2. The third-order valence-electron chi connectivity index (χ3n) is 5.35. The first kappa shape index (κ1) is 16.7. The van der Waals surface area contributed by atoms with Crippen LogP contribution < -0.4 is 5.32 Å². The molecule has 1 aromatic heterocycles. The van der Waals surface area contributed by atoms with Crippen LogP contribution in [-0.2, 0) is 7.05 Å². The Hall–Kier alpha value is -2.79. The fourth-order valence-corrected chi connectivity index (χ4v) is 3.83. The maximum Gasteiger partial charge on any atom is 0.256 e. The van der Waals surface area contributed by atoms with Gasteiger partial charge in [0.2, 0.25) is 0 Å². The highest BCUT2D eigenvalue weighted by atomic mass is 16.3. The molecule has 1 unspecified atom stereocenters. The van der Waals surface area contributed by atoms with Crippen molar-refractivity contribution in [1.82, 2.24) is 14.8 Å². The molecule has 4 rings (SSSR count). The average molecular weight is 349 g/mol. The predicted molar refractivity (Wildman–Crippen MR) is 102 cm³/mol. The van der Waals surface area contributed by atoms with E-state index in [9.17, 15) is 9.90 Å². The molecule has 0 aliphatic carbocycles. The van der Waals surface area contributed by atoms with E-state index in [1.165, 1.54) is 5.56 Å². The Morgan fingerprint density at radius 1 is 1.19 bits per heavy atom. The van der Waals surface area contributed by atoms with Gasteiger partial charge in [-0.3, -0.25) is 4.79 Å². The first-order valence-corrected chi connectivity index (χ1v) is 8.92. The highest BCUT2D eigenvalue weighted by Crippen LogP contribution is 2.30. The normalized spacial score (nSPS) is 17.6. The number of rotatable bonds is 2. The number of piperazine rings is 1. The SMILES string of the molecule is Cc1c(C(=O)N2CCNC(c3ccccc3)C2)c2cc(O)ccc2n1C. The van der Waals surface area contributed by atoms with Crippen molar-refractivity contribution >= 4 is 16.8 Å². The molecule has 0 spiro atoms. The van der Waals surface area contributed by atoms with Gasteiger partial charge in [-0.15, -0.1) is 0 Å². The fraction of sp³-hybridized carbons (Fsp3) is 0.286.